The molecule has 0 saturated carbocycles. The largest absolute Gasteiger partial charge is 0.312 e. The highest BCUT2D eigenvalue weighted by Gasteiger charge is 2.12. The zero-order valence-electron chi connectivity index (χ0n) is 11.3. The SMILES string of the molecule is O=CNc1cc(-c2ccc(Cl)cc2)n(-c2cccc(F)c2)n1. The van der Waals surface area contributed by atoms with E-state index in [0.29, 0.717) is 28.6 Å². The van der Waals surface area contributed by atoms with Gasteiger partial charge in [-0.3, -0.25) is 4.79 Å². The summed E-state index contributed by atoms with van der Waals surface area (Å²) in [5, 5.41) is 7.40. The number of carbonyl (C=O) groups excluding carboxylic acids is 1. The van der Waals surface area contributed by atoms with E-state index in [1.54, 1.807) is 35.0 Å². The number of halogens is 2. The topological polar surface area (TPSA) is 46.9 Å². The number of rotatable bonds is 4. The molecule has 0 aliphatic carbocycles. The van der Waals surface area contributed by atoms with Crippen molar-refractivity contribution in [3.05, 3.63) is 65.4 Å². The van der Waals surface area contributed by atoms with Gasteiger partial charge in [0.15, 0.2) is 5.82 Å². The monoisotopic (exact) mass is 315 g/mol. The minimum Gasteiger partial charge on any atom is -0.312 e. The van der Waals surface area contributed by atoms with Crippen LogP contribution in [0.15, 0.2) is 54.6 Å². The number of carbonyl (C=O) groups is 1. The lowest BCUT2D eigenvalue weighted by Gasteiger charge is -2.07. The van der Waals surface area contributed by atoms with Crippen molar-refractivity contribution in [3.63, 3.8) is 0 Å². The zero-order valence-corrected chi connectivity index (χ0v) is 12.1. The van der Waals surface area contributed by atoms with E-state index in [1.807, 2.05) is 12.1 Å². The van der Waals surface area contributed by atoms with Gasteiger partial charge in [0.1, 0.15) is 5.82 Å². The van der Waals surface area contributed by atoms with Crippen LogP contribution in [0.5, 0.6) is 0 Å². The molecule has 0 unspecified atom stereocenters. The number of nitrogens with one attached hydrogen (secondary N) is 1. The van der Waals surface area contributed by atoms with Gasteiger partial charge in [0.05, 0.1) is 11.4 Å². The Balaban J connectivity index is 2.15. The van der Waals surface area contributed by atoms with Gasteiger partial charge in [0, 0.05) is 16.7 Å². The van der Waals surface area contributed by atoms with Crippen molar-refractivity contribution in [1.29, 1.82) is 0 Å². The molecule has 0 spiro atoms. The van der Waals surface area contributed by atoms with Crippen molar-refractivity contribution in [2.75, 3.05) is 5.32 Å². The molecule has 0 aliphatic heterocycles. The highest BCUT2D eigenvalue weighted by Crippen LogP contribution is 2.27. The molecule has 3 rings (SSSR count). The van der Waals surface area contributed by atoms with Gasteiger partial charge in [0.25, 0.3) is 0 Å². The standard InChI is InChI=1S/C16H11ClFN3O/c17-12-6-4-11(5-7-12)15-9-16(19-10-22)20-21(15)14-3-1-2-13(18)8-14/h1-10H,(H,19,20,22). The Morgan fingerprint density at radius 3 is 2.59 bits per heavy atom. The minimum absolute atomic E-state index is 0.361. The van der Waals surface area contributed by atoms with Crippen LogP contribution in [0.25, 0.3) is 16.9 Å². The van der Waals surface area contributed by atoms with Crippen LogP contribution in [-0.4, -0.2) is 16.2 Å². The lowest BCUT2D eigenvalue weighted by Crippen LogP contribution is -2.01. The van der Waals surface area contributed by atoms with E-state index < -0.39 is 0 Å². The fraction of sp³-hybridized carbons (Fsp3) is 0. The van der Waals surface area contributed by atoms with E-state index in [9.17, 15) is 9.18 Å². The Bertz CT molecular complexity index is 815. The first-order chi connectivity index (χ1) is 10.7. The molecule has 1 heterocycles. The van der Waals surface area contributed by atoms with Crippen molar-refractivity contribution >= 4 is 23.8 Å². The predicted octanol–water partition coefficient (Wildman–Crippen LogP) is 3.90. The molecule has 2 aromatic carbocycles. The average Bonchev–Trinajstić information content (AvgIpc) is 2.92. The van der Waals surface area contributed by atoms with E-state index in [4.69, 9.17) is 11.6 Å². The lowest BCUT2D eigenvalue weighted by atomic mass is 10.1. The second-order valence-corrected chi connectivity index (χ2v) is 5.01. The first kappa shape index (κ1) is 14.3. The van der Waals surface area contributed by atoms with Gasteiger partial charge >= 0.3 is 0 Å². The summed E-state index contributed by atoms with van der Waals surface area (Å²) in [4.78, 5) is 10.6. The number of nitrogens with zero attached hydrogens (tertiary/aromatic N) is 2. The van der Waals surface area contributed by atoms with Gasteiger partial charge in [-0.15, -0.1) is 5.10 Å². The molecular formula is C16H11ClFN3O. The molecule has 0 fully saturated rings. The fourth-order valence-electron chi connectivity index (χ4n) is 2.14. The van der Waals surface area contributed by atoms with E-state index in [0.717, 1.165) is 5.56 Å². The van der Waals surface area contributed by atoms with Gasteiger partial charge in [-0.1, -0.05) is 29.8 Å². The number of hydrogen-bond acceptors (Lipinski definition) is 2. The number of anilines is 1. The molecule has 0 radical (unpaired) electrons. The molecule has 1 aromatic heterocycles. The molecule has 0 saturated heterocycles. The third-order valence-electron chi connectivity index (χ3n) is 3.11. The predicted molar refractivity (Wildman–Crippen MR) is 83.7 cm³/mol. The number of amides is 1. The summed E-state index contributed by atoms with van der Waals surface area (Å²) in [5.41, 5.74) is 2.12. The summed E-state index contributed by atoms with van der Waals surface area (Å²) in [6, 6.07) is 15.0. The first-order valence-corrected chi connectivity index (χ1v) is 6.87. The molecule has 22 heavy (non-hydrogen) atoms. The quantitative estimate of drug-likeness (QED) is 0.742. The van der Waals surface area contributed by atoms with Gasteiger partial charge in [-0.25, -0.2) is 9.07 Å². The summed E-state index contributed by atoms with van der Waals surface area (Å²) in [6.45, 7) is 0. The van der Waals surface area contributed by atoms with Crippen molar-refractivity contribution in [2.24, 2.45) is 0 Å². The Kier molecular flexibility index (Phi) is 3.89. The average molecular weight is 316 g/mol. The van der Waals surface area contributed by atoms with Gasteiger partial charge in [-0.2, -0.15) is 0 Å². The minimum atomic E-state index is -0.361. The third-order valence-corrected chi connectivity index (χ3v) is 3.36. The summed E-state index contributed by atoms with van der Waals surface area (Å²) in [5.74, 6) is 0.0177. The van der Waals surface area contributed by atoms with Crippen molar-refractivity contribution in [3.8, 4) is 16.9 Å². The summed E-state index contributed by atoms with van der Waals surface area (Å²) < 4.78 is 15.0. The summed E-state index contributed by atoms with van der Waals surface area (Å²) in [6.07, 6.45) is 0.546. The highest BCUT2D eigenvalue weighted by atomic mass is 35.5. The Labute approximate surface area is 131 Å². The fourth-order valence-corrected chi connectivity index (χ4v) is 2.27. The van der Waals surface area contributed by atoms with Crippen LogP contribution >= 0.6 is 11.6 Å². The molecule has 1 amide bonds. The van der Waals surface area contributed by atoms with Crippen LogP contribution in [0.3, 0.4) is 0 Å². The van der Waals surface area contributed by atoms with E-state index >= 15 is 0 Å². The van der Waals surface area contributed by atoms with Gasteiger partial charge in [0.2, 0.25) is 6.41 Å². The van der Waals surface area contributed by atoms with Gasteiger partial charge < -0.3 is 5.32 Å². The van der Waals surface area contributed by atoms with Gasteiger partial charge in [-0.05, 0) is 30.3 Å². The maximum Gasteiger partial charge on any atom is 0.212 e. The normalized spacial score (nSPS) is 10.5. The van der Waals surface area contributed by atoms with E-state index in [-0.39, 0.29) is 5.82 Å². The number of hydrogen-bond donors (Lipinski definition) is 1. The molecule has 0 aliphatic rings. The van der Waals surface area contributed by atoms with Crippen LogP contribution in [0.4, 0.5) is 10.2 Å². The second kappa shape index (κ2) is 5.99. The summed E-state index contributed by atoms with van der Waals surface area (Å²) in [7, 11) is 0. The molecule has 1 N–H and O–H groups in total. The van der Waals surface area contributed by atoms with E-state index in [1.165, 1.54) is 12.1 Å². The lowest BCUT2D eigenvalue weighted by molar-refractivity contribution is -0.105. The Morgan fingerprint density at radius 2 is 1.91 bits per heavy atom. The molecule has 0 atom stereocenters. The highest BCUT2D eigenvalue weighted by molar-refractivity contribution is 6.30. The maximum absolute atomic E-state index is 13.5. The van der Waals surface area contributed by atoms with Crippen LogP contribution in [-0.2, 0) is 4.79 Å². The third kappa shape index (κ3) is 2.84. The van der Waals surface area contributed by atoms with Crippen molar-refractivity contribution in [1.82, 2.24) is 9.78 Å². The van der Waals surface area contributed by atoms with Crippen molar-refractivity contribution in [2.45, 2.75) is 0 Å². The van der Waals surface area contributed by atoms with Crippen LogP contribution in [0.2, 0.25) is 5.02 Å². The van der Waals surface area contributed by atoms with Crippen LogP contribution in [0.1, 0.15) is 0 Å². The Hall–Kier alpha value is -2.66. The smallest absolute Gasteiger partial charge is 0.212 e. The number of aromatic nitrogens is 2. The Morgan fingerprint density at radius 1 is 1.14 bits per heavy atom. The molecule has 110 valence electrons. The van der Waals surface area contributed by atoms with Crippen molar-refractivity contribution < 1.29 is 9.18 Å². The maximum atomic E-state index is 13.5. The second-order valence-electron chi connectivity index (χ2n) is 4.58. The zero-order chi connectivity index (χ0) is 15.5. The van der Waals surface area contributed by atoms with Crippen LogP contribution < -0.4 is 5.32 Å². The number of benzene rings is 2. The molecule has 0 bridgehead atoms. The summed E-state index contributed by atoms with van der Waals surface area (Å²) >= 11 is 5.90. The molecular weight excluding hydrogens is 305 g/mol. The molecule has 4 nitrogen and oxygen atoms in total. The first-order valence-electron chi connectivity index (χ1n) is 6.49. The van der Waals surface area contributed by atoms with E-state index in [2.05, 4.69) is 10.4 Å². The molecule has 6 heteroatoms. The van der Waals surface area contributed by atoms with Crippen LogP contribution in [0, 0.1) is 5.82 Å². The molecule has 3 aromatic rings.